The summed E-state index contributed by atoms with van der Waals surface area (Å²) in [5.74, 6) is 0.526. The van der Waals surface area contributed by atoms with Crippen molar-refractivity contribution in [2.45, 2.75) is 6.54 Å². The zero-order valence-corrected chi connectivity index (χ0v) is 15.8. The van der Waals surface area contributed by atoms with Gasteiger partial charge in [-0.2, -0.15) is 0 Å². The monoisotopic (exact) mass is 385 g/mol. The van der Waals surface area contributed by atoms with Crippen molar-refractivity contribution in [3.63, 3.8) is 0 Å². The number of nitrogens with zero attached hydrogens (tertiary/aromatic N) is 2. The number of amides is 1. The van der Waals surface area contributed by atoms with Crippen molar-refractivity contribution >= 4 is 16.8 Å². The molecule has 4 rings (SSSR count). The third-order valence-electron chi connectivity index (χ3n) is 4.71. The summed E-state index contributed by atoms with van der Waals surface area (Å²) in [4.78, 5) is 29.5. The highest BCUT2D eigenvalue weighted by Crippen LogP contribution is 2.17. The van der Waals surface area contributed by atoms with E-state index in [9.17, 15) is 9.59 Å². The topological polar surface area (TPSA) is 73.2 Å². The maximum atomic E-state index is 12.7. The number of carbonyl (C=O) groups is 1. The number of methoxy groups -OCH3 is 1. The van der Waals surface area contributed by atoms with E-state index in [4.69, 9.17) is 4.74 Å². The van der Waals surface area contributed by atoms with Gasteiger partial charge in [0.1, 0.15) is 12.1 Å². The molecule has 4 aromatic rings. The van der Waals surface area contributed by atoms with Crippen LogP contribution in [0.3, 0.4) is 0 Å². The lowest BCUT2D eigenvalue weighted by molar-refractivity contribution is 0.0950. The van der Waals surface area contributed by atoms with E-state index in [0.717, 1.165) is 11.3 Å². The molecule has 0 aliphatic heterocycles. The molecule has 0 unspecified atom stereocenters. The van der Waals surface area contributed by atoms with Crippen molar-refractivity contribution in [2.75, 3.05) is 7.11 Å². The minimum atomic E-state index is -0.202. The Bertz CT molecular complexity index is 1230. The highest BCUT2D eigenvalue weighted by molar-refractivity contribution is 5.94. The predicted octanol–water partition coefficient (Wildman–Crippen LogP) is 3.32. The zero-order chi connectivity index (χ0) is 20.2. The minimum Gasteiger partial charge on any atom is -0.496 e. The molecule has 0 bridgehead atoms. The number of rotatable bonds is 5. The van der Waals surface area contributed by atoms with Crippen LogP contribution in [0.15, 0.2) is 83.9 Å². The second kappa shape index (κ2) is 7.98. The quantitative estimate of drug-likeness (QED) is 0.572. The second-order valence-electron chi connectivity index (χ2n) is 6.48. The Morgan fingerprint density at radius 2 is 1.72 bits per heavy atom. The molecule has 3 aromatic carbocycles. The van der Waals surface area contributed by atoms with Crippen LogP contribution in [0.5, 0.6) is 5.75 Å². The highest BCUT2D eigenvalue weighted by Gasteiger charge is 2.09. The number of hydrogen-bond acceptors (Lipinski definition) is 4. The molecule has 144 valence electrons. The highest BCUT2D eigenvalue weighted by atomic mass is 16.5. The normalized spacial score (nSPS) is 10.7. The molecule has 1 amide bonds. The van der Waals surface area contributed by atoms with E-state index in [0.29, 0.717) is 28.7 Å². The third kappa shape index (κ3) is 3.73. The molecule has 29 heavy (non-hydrogen) atoms. The molecule has 0 fully saturated rings. The molecule has 0 saturated carbocycles. The standard InChI is InChI=1S/C23H19N3O3/c1-29-21-9-5-2-6-17(21)14-24-22(27)16-10-12-18(13-11-16)26-15-25-20-8-4-3-7-19(20)23(26)28/h2-13,15H,14H2,1H3,(H,24,27). The molecule has 0 saturated heterocycles. The maximum absolute atomic E-state index is 12.7. The van der Waals surface area contributed by atoms with Gasteiger partial charge in [0.25, 0.3) is 11.5 Å². The molecule has 0 aliphatic carbocycles. The summed E-state index contributed by atoms with van der Waals surface area (Å²) in [5, 5.41) is 3.43. The SMILES string of the molecule is COc1ccccc1CNC(=O)c1ccc(-n2cnc3ccccc3c2=O)cc1. The van der Waals surface area contributed by atoms with E-state index in [2.05, 4.69) is 10.3 Å². The van der Waals surface area contributed by atoms with Gasteiger partial charge in [0.2, 0.25) is 0 Å². The van der Waals surface area contributed by atoms with Gasteiger partial charge in [-0.25, -0.2) is 4.98 Å². The molecule has 1 heterocycles. The van der Waals surface area contributed by atoms with E-state index >= 15 is 0 Å². The maximum Gasteiger partial charge on any atom is 0.265 e. The second-order valence-corrected chi connectivity index (χ2v) is 6.48. The van der Waals surface area contributed by atoms with Crippen LogP contribution in [-0.4, -0.2) is 22.6 Å². The zero-order valence-electron chi connectivity index (χ0n) is 15.8. The van der Waals surface area contributed by atoms with Crippen LogP contribution in [0.1, 0.15) is 15.9 Å². The third-order valence-corrected chi connectivity index (χ3v) is 4.71. The first kappa shape index (κ1) is 18.4. The van der Waals surface area contributed by atoms with E-state index in [-0.39, 0.29) is 11.5 Å². The van der Waals surface area contributed by atoms with E-state index < -0.39 is 0 Å². The van der Waals surface area contributed by atoms with Gasteiger partial charge in [-0.1, -0.05) is 30.3 Å². The summed E-state index contributed by atoms with van der Waals surface area (Å²) in [6.45, 7) is 0.360. The molecule has 1 N–H and O–H groups in total. The average molecular weight is 385 g/mol. The van der Waals surface area contributed by atoms with Gasteiger partial charge >= 0.3 is 0 Å². The molecular formula is C23H19N3O3. The van der Waals surface area contributed by atoms with Crippen LogP contribution in [0, 0.1) is 0 Å². The number of para-hydroxylation sites is 2. The first-order valence-electron chi connectivity index (χ1n) is 9.14. The number of hydrogen-bond donors (Lipinski definition) is 1. The molecule has 0 atom stereocenters. The van der Waals surface area contributed by atoms with E-state index in [1.807, 2.05) is 36.4 Å². The Hall–Kier alpha value is -3.93. The van der Waals surface area contributed by atoms with Crippen molar-refractivity contribution in [2.24, 2.45) is 0 Å². The fourth-order valence-electron chi connectivity index (χ4n) is 3.15. The summed E-state index contributed by atoms with van der Waals surface area (Å²) in [6, 6.07) is 21.6. The Labute approximate surface area is 167 Å². The summed E-state index contributed by atoms with van der Waals surface area (Å²) in [5.41, 5.74) is 2.55. The van der Waals surface area contributed by atoms with Crippen molar-refractivity contribution in [3.05, 3.63) is 101 Å². The first-order chi connectivity index (χ1) is 14.2. The van der Waals surface area contributed by atoms with Crippen LogP contribution in [0.25, 0.3) is 16.6 Å². The largest absolute Gasteiger partial charge is 0.496 e. The summed E-state index contributed by atoms with van der Waals surface area (Å²) in [6.07, 6.45) is 1.50. The number of ether oxygens (including phenoxy) is 1. The Morgan fingerprint density at radius 3 is 2.52 bits per heavy atom. The fourth-order valence-corrected chi connectivity index (χ4v) is 3.15. The van der Waals surface area contributed by atoms with Crippen LogP contribution < -0.4 is 15.6 Å². The molecule has 1 aromatic heterocycles. The lowest BCUT2D eigenvalue weighted by Gasteiger charge is -2.10. The number of nitrogens with one attached hydrogen (secondary N) is 1. The summed E-state index contributed by atoms with van der Waals surface area (Å²) in [7, 11) is 1.60. The predicted molar refractivity (Wildman–Crippen MR) is 112 cm³/mol. The van der Waals surface area contributed by atoms with Crippen molar-refractivity contribution in [1.29, 1.82) is 0 Å². The molecule has 6 heteroatoms. The van der Waals surface area contributed by atoms with Crippen molar-refractivity contribution < 1.29 is 9.53 Å². The van der Waals surface area contributed by atoms with Gasteiger partial charge in [-0.3, -0.25) is 14.2 Å². The minimum absolute atomic E-state index is 0.149. The van der Waals surface area contributed by atoms with E-state index in [1.165, 1.54) is 10.9 Å². The van der Waals surface area contributed by atoms with Gasteiger partial charge in [0.05, 0.1) is 23.7 Å². The van der Waals surface area contributed by atoms with Crippen LogP contribution >= 0.6 is 0 Å². The Kier molecular flexibility index (Phi) is 5.07. The van der Waals surface area contributed by atoms with Gasteiger partial charge < -0.3 is 10.1 Å². The number of fused-ring (bicyclic) bond motifs is 1. The van der Waals surface area contributed by atoms with Crippen LogP contribution in [0.2, 0.25) is 0 Å². The lowest BCUT2D eigenvalue weighted by Crippen LogP contribution is -2.23. The number of aromatic nitrogens is 2. The summed E-state index contributed by atoms with van der Waals surface area (Å²) < 4.78 is 6.77. The molecule has 6 nitrogen and oxygen atoms in total. The molecule has 0 aliphatic rings. The Balaban J connectivity index is 1.53. The Morgan fingerprint density at radius 1 is 1.00 bits per heavy atom. The fraction of sp³-hybridized carbons (Fsp3) is 0.0870. The first-order valence-corrected chi connectivity index (χ1v) is 9.14. The van der Waals surface area contributed by atoms with Crippen LogP contribution in [0.4, 0.5) is 0 Å². The van der Waals surface area contributed by atoms with Crippen molar-refractivity contribution in [3.8, 4) is 11.4 Å². The average Bonchev–Trinajstić information content (AvgIpc) is 2.78. The van der Waals surface area contributed by atoms with Gasteiger partial charge in [0, 0.05) is 17.7 Å². The molecule has 0 spiro atoms. The number of carbonyl (C=O) groups excluding carboxylic acids is 1. The van der Waals surface area contributed by atoms with E-state index in [1.54, 1.807) is 43.5 Å². The van der Waals surface area contributed by atoms with Gasteiger partial charge in [0.15, 0.2) is 0 Å². The number of benzene rings is 3. The summed E-state index contributed by atoms with van der Waals surface area (Å²) >= 11 is 0. The van der Waals surface area contributed by atoms with Gasteiger partial charge in [-0.05, 0) is 42.5 Å². The molecule has 0 radical (unpaired) electrons. The molecular weight excluding hydrogens is 366 g/mol. The van der Waals surface area contributed by atoms with Crippen LogP contribution in [-0.2, 0) is 6.54 Å². The van der Waals surface area contributed by atoms with Gasteiger partial charge in [-0.15, -0.1) is 0 Å². The van der Waals surface area contributed by atoms with Crippen molar-refractivity contribution in [1.82, 2.24) is 14.9 Å². The lowest BCUT2D eigenvalue weighted by atomic mass is 10.1. The smallest absolute Gasteiger partial charge is 0.265 e.